The molecule has 0 radical (unpaired) electrons. The summed E-state index contributed by atoms with van der Waals surface area (Å²) >= 11 is 0. The average Bonchev–Trinajstić information content (AvgIpc) is 3.32. The van der Waals surface area contributed by atoms with Crippen LogP contribution in [0.5, 0.6) is 0 Å². The standard InChI is InChI=1S/C17H22N6O2/c24-16(9-14-3-4-19-20-14)21-5-7-22(8-6-21)17(25)13-1-2-15-10-18-12-23(15)11-13/h3-4,10,12-13H,1-2,5-9,11H2,(H,19,20). The van der Waals surface area contributed by atoms with E-state index in [2.05, 4.69) is 19.7 Å². The summed E-state index contributed by atoms with van der Waals surface area (Å²) in [5, 5.41) is 6.68. The zero-order valence-corrected chi connectivity index (χ0v) is 14.1. The van der Waals surface area contributed by atoms with Gasteiger partial charge in [-0.15, -0.1) is 0 Å². The molecule has 2 aliphatic heterocycles. The number of carbonyl (C=O) groups excluding carboxylic acids is 2. The summed E-state index contributed by atoms with van der Waals surface area (Å²) in [5.74, 6) is 0.311. The molecule has 0 bridgehead atoms. The largest absolute Gasteiger partial charge is 0.339 e. The van der Waals surface area contributed by atoms with E-state index in [-0.39, 0.29) is 17.7 Å². The minimum atomic E-state index is 0.0222. The van der Waals surface area contributed by atoms with Crippen LogP contribution in [0.2, 0.25) is 0 Å². The highest BCUT2D eigenvalue weighted by atomic mass is 16.2. The third kappa shape index (κ3) is 3.29. The fourth-order valence-electron chi connectivity index (χ4n) is 3.67. The van der Waals surface area contributed by atoms with Crippen LogP contribution >= 0.6 is 0 Å². The number of H-pyrrole nitrogens is 1. The Labute approximate surface area is 145 Å². The predicted octanol–water partition coefficient (Wildman–Crippen LogP) is 0.0821. The van der Waals surface area contributed by atoms with Crippen LogP contribution in [0, 0.1) is 5.92 Å². The van der Waals surface area contributed by atoms with Crippen LogP contribution in [-0.2, 0) is 29.0 Å². The molecule has 0 saturated carbocycles. The quantitative estimate of drug-likeness (QED) is 0.856. The van der Waals surface area contributed by atoms with Crippen molar-refractivity contribution in [3.63, 3.8) is 0 Å². The SMILES string of the molecule is O=C(Cc1ccn[nH]1)N1CCN(C(=O)C2CCc3cncn3C2)CC1. The molecular formula is C17H22N6O2. The summed E-state index contributed by atoms with van der Waals surface area (Å²) < 4.78 is 2.08. The van der Waals surface area contributed by atoms with Gasteiger partial charge < -0.3 is 14.4 Å². The van der Waals surface area contributed by atoms with Gasteiger partial charge in [0.25, 0.3) is 0 Å². The molecule has 0 spiro atoms. The maximum Gasteiger partial charge on any atom is 0.228 e. The average molecular weight is 342 g/mol. The first kappa shape index (κ1) is 15.9. The zero-order chi connectivity index (χ0) is 17.2. The molecule has 0 aromatic carbocycles. The molecule has 1 unspecified atom stereocenters. The number of imidazole rings is 1. The number of piperazine rings is 1. The summed E-state index contributed by atoms with van der Waals surface area (Å²) in [7, 11) is 0. The molecule has 8 heteroatoms. The molecule has 1 atom stereocenters. The Kier molecular flexibility index (Phi) is 4.25. The van der Waals surface area contributed by atoms with Crippen LogP contribution in [0.25, 0.3) is 0 Å². The van der Waals surface area contributed by atoms with Crippen LogP contribution in [0.4, 0.5) is 0 Å². The van der Waals surface area contributed by atoms with Gasteiger partial charge in [0.2, 0.25) is 11.8 Å². The second kappa shape index (κ2) is 6.70. The van der Waals surface area contributed by atoms with Gasteiger partial charge in [-0.3, -0.25) is 14.7 Å². The highest BCUT2D eigenvalue weighted by Crippen LogP contribution is 2.22. The van der Waals surface area contributed by atoms with Crippen molar-refractivity contribution >= 4 is 11.8 Å². The lowest BCUT2D eigenvalue weighted by Gasteiger charge is -2.37. The van der Waals surface area contributed by atoms with Gasteiger partial charge in [-0.05, 0) is 18.9 Å². The number of carbonyl (C=O) groups is 2. The van der Waals surface area contributed by atoms with Gasteiger partial charge in [0, 0.05) is 56.5 Å². The highest BCUT2D eigenvalue weighted by Gasteiger charge is 2.31. The van der Waals surface area contributed by atoms with Gasteiger partial charge in [0.05, 0.1) is 18.7 Å². The van der Waals surface area contributed by atoms with Crippen molar-refractivity contribution in [1.82, 2.24) is 29.5 Å². The number of aromatic amines is 1. The number of hydrogen-bond acceptors (Lipinski definition) is 4. The number of aromatic nitrogens is 4. The van der Waals surface area contributed by atoms with Gasteiger partial charge in [-0.2, -0.15) is 5.10 Å². The molecule has 2 amide bonds. The van der Waals surface area contributed by atoms with E-state index in [4.69, 9.17) is 0 Å². The van der Waals surface area contributed by atoms with Crippen molar-refractivity contribution in [3.8, 4) is 0 Å². The molecule has 132 valence electrons. The fraction of sp³-hybridized carbons (Fsp3) is 0.529. The molecule has 1 saturated heterocycles. The summed E-state index contributed by atoms with van der Waals surface area (Å²) in [6.45, 7) is 3.14. The van der Waals surface area contributed by atoms with E-state index in [1.54, 1.807) is 12.5 Å². The van der Waals surface area contributed by atoms with Crippen molar-refractivity contribution in [2.75, 3.05) is 26.2 Å². The first-order valence-electron chi connectivity index (χ1n) is 8.74. The van der Waals surface area contributed by atoms with Crippen LogP contribution < -0.4 is 0 Å². The number of amides is 2. The Morgan fingerprint density at radius 3 is 2.76 bits per heavy atom. The Hall–Kier alpha value is -2.64. The maximum atomic E-state index is 12.8. The van der Waals surface area contributed by atoms with E-state index in [9.17, 15) is 9.59 Å². The number of rotatable bonds is 3. The molecule has 2 aromatic rings. The van der Waals surface area contributed by atoms with Gasteiger partial charge in [-0.1, -0.05) is 0 Å². The van der Waals surface area contributed by atoms with Gasteiger partial charge in [-0.25, -0.2) is 4.98 Å². The van der Waals surface area contributed by atoms with E-state index in [0.717, 1.165) is 18.5 Å². The van der Waals surface area contributed by atoms with Crippen LogP contribution in [0.1, 0.15) is 17.8 Å². The molecular weight excluding hydrogens is 320 g/mol. The highest BCUT2D eigenvalue weighted by molar-refractivity contribution is 5.81. The molecule has 8 nitrogen and oxygen atoms in total. The van der Waals surface area contributed by atoms with Crippen LogP contribution in [-0.4, -0.2) is 67.5 Å². The van der Waals surface area contributed by atoms with Crippen molar-refractivity contribution in [1.29, 1.82) is 0 Å². The Balaban J connectivity index is 1.30. The lowest BCUT2D eigenvalue weighted by atomic mass is 9.96. The number of nitrogens with zero attached hydrogens (tertiary/aromatic N) is 5. The minimum absolute atomic E-state index is 0.0222. The molecule has 1 fully saturated rings. The van der Waals surface area contributed by atoms with Gasteiger partial charge in [0.1, 0.15) is 0 Å². The van der Waals surface area contributed by atoms with Gasteiger partial charge in [0.15, 0.2) is 0 Å². The smallest absolute Gasteiger partial charge is 0.228 e. The van der Waals surface area contributed by atoms with E-state index >= 15 is 0 Å². The molecule has 4 rings (SSSR count). The molecule has 1 N–H and O–H groups in total. The molecule has 25 heavy (non-hydrogen) atoms. The second-order valence-corrected chi connectivity index (χ2v) is 6.74. The topological polar surface area (TPSA) is 87.1 Å². The van der Waals surface area contributed by atoms with Crippen molar-refractivity contribution in [2.24, 2.45) is 5.92 Å². The number of hydrogen-bond donors (Lipinski definition) is 1. The Morgan fingerprint density at radius 2 is 2.00 bits per heavy atom. The first-order valence-corrected chi connectivity index (χ1v) is 8.74. The Morgan fingerprint density at radius 1 is 1.20 bits per heavy atom. The fourth-order valence-corrected chi connectivity index (χ4v) is 3.67. The zero-order valence-electron chi connectivity index (χ0n) is 14.1. The predicted molar refractivity (Wildman–Crippen MR) is 89.5 cm³/mol. The number of nitrogens with one attached hydrogen (secondary N) is 1. The first-order chi connectivity index (χ1) is 12.2. The third-order valence-electron chi connectivity index (χ3n) is 5.16. The number of aryl methyl sites for hydroxylation is 1. The molecule has 4 heterocycles. The molecule has 0 aliphatic carbocycles. The van der Waals surface area contributed by atoms with E-state index in [1.165, 1.54) is 5.69 Å². The Bertz CT molecular complexity index is 745. The summed E-state index contributed by atoms with van der Waals surface area (Å²) in [4.78, 5) is 33.0. The monoisotopic (exact) mass is 342 g/mol. The van der Waals surface area contributed by atoms with E-state index in [1.807, 2.05) is 22.1 Å². The summed E-state index contributed by atoms with van der Waals surface area (Å²) in [6, 6.07) is 1.81. The maximum absolute atomic E-state index is 12.8. The van der Waals surface area contributed by atoms with Gasteiger partial charge >= 0.3 is 0 Å². The number of fused-ring (bicyclic) bond motifs is 1. The van der Waals surface area contributed by atoms with E-state index in [0.29, 0.717) is 39.1 Å². The van der Waals surface area contributed by atoms with Crippen molar-refractivity contribution < 1.29 is 9.59 Å². The lowest BCUT2D eigenvalue weighted by Crippen LogP contribution is -2.53. The lowest BCUT2D eigenvalue weighted by molar-refractivity contribution is -0.142. The summed E-state index contributed by atoms with van der Waals surface area (Å²) in [5.41, 5.74) is 2.03. The summed E-state index contributed by atoms with van der Waals surface area (Å²) in [6.07, 6.45) is 7.45. The third-order valence-corrected chi connectivity index (χ3v) is 5.16. The minimum Gasteiger partial charge on any atom is -0.339 e. The molecule has 2 aliphatic rings. The van der Waals surface area contributed by atoms with Crippen molar-refractivity contribution in [2.45, 2.75) is 25.8 Å². The van der Waals surface area contributed by atoms with Crippen LogP contribution in [0.15, 0.2) is 24.8 Å². The van der Waals surface area contributed by atoms with Crippen LogP contribution in [0.3, 0.4) is 0 Å². The second-order valence-electron chi connectivity index (χ2n) is 6.74. The molecule has 2 aromatic heterocycles. The normalized spacial score (nSPS) is 20.4. The van der Waals surface area contributed by atoms with E-state index < -0.39 is 0 Å². The van der Waals surface area contributed by atoms with Crippen molar-refractivity contribution in [3.05, 3.63) is 36.2 Å².